The van der Waals surface area contributed by atoms with Crippen LogP contribution >= 0.6 is 31.9 Å². The van der Waals surface area contributed by atoms with E-state index in [1.807, 2.05) is 19.9 Å². The van der Waals surface area contributed by atoms with Crippen molar-refractivity contribution in [1.29, 1.82) is 0 Å². The minimum atomic E-state index is -0.118. The Kier molecular flexibility index (Phi) is 4.74. The average Bonchev–Trinajstić information content (AvgIpc) is 2.44. The zero-order valence-corrected chi connectivity index (χ0v) is 15.1. The molecular formula is C16H15Br2NO2. The molecule has 0 heterocycles. The van der Waals surface area contributed by atoms with E-state index in [0.717, 1.165) is 15.6 Å². The van der Waals surface area contributed by atoms with Crippen molar-refractivity contribution in [3.05, 3.63) is 55.5 Å². The molecular weight excluding hydrogens is 398 g/mol. The van der Waals surface area contributed by atoms with Crippen LogP contribution in [0.2, 0.25) is 0 Å². The van der Waals surface area contributed by atoms with E-state index in [4.69, 9.17) is 10.5 Å². The molecule has 0 aliphatic carbocycles. The molecule has 0 radical (unpaired) electrons. The summed E-state index contributed by atoms with van der Waals surface area (Å²) in [6.45, 7) is 3.80. The van der Waals surface area contributed by atoms with Gasteiger partial charge in [-0.05, 0) is 49.2 Å². The van der Waals surface area contributed by atoms with Crippen LogP contribution in [-0.2, 0) is 0 Å². The Morgan fingerprint density at radius 3 is 2.43 bits per heavy atom. The van der Waals surface area contributed by atoms with Gasteiger partial charge in [-0.15, -0.1) is 0 Å². The summed E-state index contributed by atoms with van der Waals surface area (Å²) in [5.41, 5.74) is 9.16. The minimum absolute atomic E-state index is 0.118. The standard InChI is InChI=1S/C16H15Br2NO2/c1-8-6-13(18)9(2)14(16(8)21-3)15(20)11-7-10(19)4-5-12(11)17/h4-7H,19H2,1-3H3. The van der Waals surface area contributed by atoms with Gasteiger partial charge in [0, 0.05) is 20.2 Å². The number of methoxy groups -OCH3 is 1. The van der Waals surface area contributed by atoms with E-state index in [1.165, 1.54) is 0 Å². The topological polar surface area (TPSA) is 52.3 Å². The van der Waals surface area contributed by atoms with Crippen LogP contribution in [0.25, 0.3) is 0 Å². The van der Waals surface area contributed by atoms with Gasteiger partial charge in [0.15, 0.2) is 5.78 Å². The van der Waals surface area contributed by atoms with Gasteiger partial charge < -0.3 is 10.5 Å². The Morgan fingerprint density at radius 1 is 1.14 bits per heavy atom. The predicted molar refractivity (Wildman–Crippen MR) is 92.2 cm³/mol. The van der Waals surface area contributed by atoms with Crippen molar-refractivity contribution in [2.75, 3.05) is 12.8 Å². The third kappa shape index (κ3) is 2.99. The highest BCUT2D eigenvalue weighted by atomic mass is 79.9. The SMILES string of the molecule is COc1c(C)cc(Br)c(C)c1C(=O)c1cc(N)ccc1Br. The molecule has 2 aromatic rings. The number of ether oxygens (including phenoxy) is 1. The van der Waals surface area contributed by atoms with Crippen LogP contribution in [0.5, 0.6) is 5.75 Å². The summed E-state index contributed by atoms with van der Waals surface area (Å²) in [7, 11) is 1.57. The molecule has 0 atom stereocenters. The van der Waals surface area contributed by atoms with Crippen LogP contribution < -0.4 is 10.5 Å². The van der Waals surface area contributed by atoms with Crippen molar-refractivity contribution in [3.63, 3.8) is 0 Å². The molecule has 0 amide bonds. The summed E-state index contributed by atoms with van der Waals surface area (Å²) in [6.07, 6.45) is 0. The van der Waals surface area contributed by atoms with Gasteiger partial charge in [-0.25, -0.2) is 0 Å². The summed E-state index contributed by atoms with van der Waals surface area (Å²) in [4.78, 5) is 12.9. The van der Waals surface area contributed by atoms with E-state index in [-0.39, 0.29) is 5.78 Å². The number of benzene rings is 2. The number of halogens is 2. The number of anilines is 1. The minimum Gasteiger partial charge on any atom is -0.496 e. The first-order valence-electron chi connectivity index (χ1n) is 6.30. The lowest BCUT2D eigenvalue weighted by Gasteiger charge is -2.16. The molecule has 0 saturated heterocycles. The Hall–Kier alpha value is -1.33. The molecule has 21 heavy (non-hydrogen) atoms. The highest BCUT2D eigenvalue weighted by Crippen LogP contribution is 2.35. The zero-order valence-electron chi connectivity index (χ0n) is 12.0. The summed E-state index contributed by atoms with van der Waals surface area (Å²) < 4.78 is 7.02. The summed E-state index contributed by atoms with van der Waals surface area (Å²) in [5.74, 6) is 0.475. The maximum Gasteiger partial charge on any atom is 0.198 e. The number of hydrogen-bond donors (Lipinski definition) is 1. The Labute approximate surface area is 140 Å². The van der Waals surface area contributed by atoms with Crippen LogP contribution in [-0.4, -0.2) is 12.9 Å². The molecule has 2 N–H and O–H groups in total. The molecule has 0 aromatic heterocycles. The van der Waals surface area contributed by atoms with Gasteiger partial charge in [0.1, 0.15) is 5.75 Å². The number of carbonyl (C=O) groups is 1. The lowest BCUT2D eigenvalue weighted by atomic mass is 9.95. The number of carbonyl (C=O) groups excluding carboxylic acids is 1. The second kappa shape index (κ2) is 6.20. The first kappa shape index (κ1) is 16.0. The fraction of sp³-hybridized carbons (Fsp3) is 0.188. The molecule has 0 fully saturated rings. The molecule has 110 valence electrons. The molecule has 5 heteroatoms. The first-order valence-corrected chi connectivity index (χ1v) is 7.88. The van der Waals surface area contributed by atoms with Crippen molar-refractivity contribution in [3.8, 4) is 5.75 Å². The first-order chi connectivity index (χ1) is 9.86. The van der Waals surface area contributed by atoms with E-state index in [1.54, 1.807) is 25.3 Å². The smallest absolute Gasteiger partial charge is 0.198 e. The van der Waals surface area contributed by atoms with Gasteiger partial charge in [-0.3, -0.25) is 4.79 Å². The largest absolute Gasteiger partial charge is 0.496 e. The zero-order chi connectivity index (χ0) is 15.7. The van der Waals surface area contributed by atoms with E-state index in [2.05, 4.69) is 31.9 Å². The number of nitrogen functional groups attached to an aromatic ring is 1. The van der Waals surface area contributed by atoms with Crippen LogP contribution in [0.3, 0.4) is 0 Å². The average molecular weight is 413 g/mol. The molecule has 2 rings (SSSR count). The fourth-order valence-electron chi connectivity index (χ4n) is 2.24. The van der Waals surface area contributed by atoms with E-state index >= 15 is 0 Å². The monoisotopic (exact) mass is 411 g/mol. The van der Waals surface area contributed by atoms with Gasteiger partial charge in [-0.1, -0.05) is 31.9 Å². The Bertz CT molecular complexity index is 727. The van der Waals surface area contributed by atoms with Gasteiger partial charge >= 0.3 is 0 Å². The van der Waals surface area contributed by atoms with Crippen LogP contribution in [0, 0.1) is 13.8 Å². The van der Waals surface area contributed by atoms with Crippen molar-refractivity contribution in [2.24, 2.45) is 0 Å². The molecule has 0 saturated carbocycles. The van der Waals surface area contributed by atoms with Crippen LogP contribution in [0.15, 0.2) is 33.2 Å². The van der Waals surface area contributed by atoms with Crippen LogP contribution in [0.1, 0.15) is 27.0 Å². The van der Waals surface area contributed by atoms with E-state index in [9.17, 15) is 4.79 Å². The van der Waals surface area contributed by atoms with Crippen LogP contribution in [0.4, 0.5) is 5.69 Å². The van der Waals surface area contributed by atoms with Gasteiger partial charge in [0.2, 0.25) is 0 Å². The molecule has 0 aliphatic rings. The molecule has 2 aromatic carbocycles. The predicted octanol–water partition coefficient (Wildman–Crippen LogP) is 4.65. The number of ketones is 1. The lowest BCUT2D eigenvalue weighted by molar-refractivity contribution is 0.103. The number of rotatable bonds is 3. The quantitative estimate of drug-likeness (QED) is 0.589. The maximum atomic E-state index is 12.9. The highest BCUT2D eigenvalue weighted by molar-refractivity contribution is 9.10. The number of hydrogen-bond acceptors (Lipinski definition) is 3. The Morgan fingerprint density at radius 2 is 1.81 bits per heavy atom. The normalized spacial score (nSPS) is 10.5. The van der Waals surface area contributed by atoms with Gasteiger partial charge in [0.05, 0.1) is 12.7 Å². The summed E-state index contributed by atoms with van der Waals surface area (Å²) in [6, 6.07) is 7.13. The number of aryl methyl sites for hydroxylation is 1. The number of nitrogens with two attached hydrogens (primary N) is 1. The molecule has 3 nitrogen and oxygen atoms in total. The summed E-state index contributed by atoms with van der Waals surface area (Å²) in [5, 5.41) is 0. The van der Waals surface area contributed by atoms with E-state index < -0.39 is 0 Å². The van der Waals surface area contributed by atoms with Crippen molar-refractivity contribution >= 4 is 43.3 Å². The van der Waals surface area contributed by atoms with E-state index in [0.29, 0.717) is 27.0 Å². The van der Waals surface area contributed by atoms with Crippen molar-refractivity contribution in [1.82, 2.24) is 0 Å². The molecule has 0 unspecified atom stereocenters. The molecule has 0 spiro atoms. The fourth-order valence-corrected chi connectivity index (χ4v) is 3.21. The Balaban J connectivity index is 2.71. The third-order valence-electron chi connectivity index (χ3n) is 3.33. The lowest BCUT2D eigenvalue weighted by Crippen LogP contribution is -2.09. The second-order valence-corrected chi connectivity index (χ2v) is 6.49. The van der Waals surface area contributed by atoms with Gasteiger partial charge in [-0.2, -0.15) is 0 Å². The van der Waals surface area contributed by atoms with Crippen molar-refractivity contribution in [2.45, 2.75) is 13.8 Å². The van der Waals surface area contributed by atoms with Gasteiger partial charge in [0.25, 0.3) is 0 Å². The molecule has 0 aliphatic heterocycles. The highest BCUT2D eigenvalue weighted by Gasteiger charge is 2.22. The molecule has 0 bridgehead atoms. The second-order valence-electron chi connectivity index (χ2n) is 4.78. The van der Waals surface area contributed by atoms with Crippen molar-refractivity contribution < 1.29 is 9.53 Å². The third-order valence-corrected chi connectivity index (χ3v) is 4.84. The summed E-state index contributed by atoms with van der Waals surface area (Å²) >= 11 is 6.90. The maximum absolute atomic E-state index is 12.9.